The summed E-state index contributed by atoms with van der Waals surface area (Å²) >= 11 is 0. The Labute approximate surface area is 248 Å². The predicted molar refractivity (Wildman–Crippen MR) is 174 cm³/mol. The molecule has 220 valence electrons. The van der Waals surface area contributed by atoms with Crippen molar-refractivity contribution in [3.63, 3.8) is 0 Å². The molecule has 0 aromatic heterocycles. The number of cyclic esters (lactones) is 1. The van der Waals surface area contributed by atoms with Gasteiger partial charge in [-0.3, -0.25) is 0 Å². The van der Waals surface area contributed by atoms with Crippen molar-refractivity contribution in [3.8, 4) is 0 Å². The third-order valence-corrected chi connectivity index (χ3v) is 8.36. The Morgan fingerprint density at radius 1 is 0.610 bits per heavy atom. The first kappa shape index (κ1) is 30.5. The number of carbonyl (C=O) groups is 1. The quantitative estimate of drug-likeness (QED) is 0.139. The van der Waals surface area contributed by atoms with Crippen molar-refractivity contribution in [1.29, 1.82) is 0 Å². The van der Waals surface area contributed by atoms with Crippen molar-refractivity contribution in [2.24, 2.45) is 0 Å². The summed E-state index contributed by atoms with van der Waals surface area (Å²) < 4.78 is 6.47. The molecule has 4 rings (SSSR count). The lowest BCUT2D eigenvalue weighted by molar-refractivity contribution is 0.0251. The maximum Gasteiger partial charge on any atom is 0.340 e. The molecular formula is C36H49N3O2. The number of ether oxygens (including phenoxy) is 1. The highest BCUT2D eigenvalue weighted by molar-refractivity contribution is 5.97. The highest BCUT2D eigenvalue weighted by Crippen LogP contribution is 2.48. The lowest BCUT2D eigenvalue weighted by atomic mass is 9.79. The van der Waals surface area contributed by atoms with E-state index in [4.69, 9.17) is 4.74 Å². The molecule has 0 spiro atoms. The molecule has 0 N–H and O–H groups in total. The van der Waals surface area contributed by atoms with E-state index in [0.717, 1.165) is 46.8 Å². The summed E-state index contributed by atoms with van der Waals surface area (Å²) in [5.41, 5.74) is 5.83. The van der Waals surface area contributed by atoms with Crippen LogP contribution in [0.1, 0.15) is 92.3 Å². The summed E-state index contributed by atoms with van der Waals surface area (Å²) in [5, 5.41) is 0. The van der Waals surface area contributed by atoms with Crippen LogP contribution in [-0.4, -0.2) is 47.2 Å². The summed E-state index contributed by atoms with van der Waals surface area (Å²) in [4.78, 5) is 20.3. The second-order valence-electron chi connectivity index (χ2n) is 11.8. The number of nitrogens with zero attached hydrogens (tertiary/aromatic N) is 3. The summed E-state index contributed by atoms with van der Waals surface area (Å²) in [6.45, 7) is 6.54. The number of carbonyl (C=O) groups excluding carboxylic acids is 1. The topological polar surface area (TPSA) is 36.0 Å². The van der Waals surface area contributed by atoms with Crippen LogP contribution in [0.3, 0.4) is 0 Å². The van der Waals surface area contributed by atoms with E-state index in [2.05, 4.69) is 95.3 Å². The Bertz CT molecular complexity index is 1200. The third-order valence-electron chi connectivity index (χ3n) is 8.36. The molecule has 41 heavy (non-hydrogen) atoms. The van der Waals surface area contributed by atoms with Crippen LogP contribution < -0.4 is 14.7 Å². The molecule has 5 nitrogen and oxygen atoms in total. The van der Waals surface area contributed by atoms with Gasteiger partial charge in [0.2, 0.25) is 0 Å². The van der Waals surface area contributed by atoms with Crippen LogP contribution >= 0.6 is 0 Å². The van der Waals surface area contributed by atoms with Gasteiger partial charge in [0, 0.05) is 75.0 Å². The van der Waals surface area contributed by atoms with Crippen molar-refractivity contribution in [1.82, 2.24) is 0 Å². The summed E-state index contributed by atoms with van der Waals surface area (Å²) in [7, 11) is 8.14. The molecule has 0 saturated carbocycles. The van der Waals surface area contributed by atoms with Gasteiger partial charge in [0.15, 0.2) is 5.60 Å². The van der Waals surface area contributed by atoms with E-state index in [1.165, 1.54) is 51.4 Å². The zero-order chi connectivity index (χ0) is 29.4. The van der Waals surface area contributed by atoms with E-state index in [-0.39, 0.29) is 5.97 Å². The fourth-order valence-electron chi connectivity index (χ4n) is 5.87. The van der Waals surface area contributed by atoms with Gasteiger partial charge in [0.1, 0.15) is 0 Å². The first-order chi connectivity index (χ1) is 19.8. The average Bonchev–Trinajstić information content (AvgIpc) is 3.28. The van der Waals surface area contributed by atoms with Crippen LogP contribution in [0.2, 0.25) is 0 Å². The van der Waals surface area contributed by atoms with E-state index >= 15 is 0 Å². The minimum Gasteiger partial charge on any atom is -0.441 e. The Kier molecular flexibility index (Phi) is 10.4. The Hall–Kier alpha value is -3.47. The standard InChI is InChI=1S/C36H49N3O2/c1-7-9-11-13-25-39(26-14-12-10-8-2)32-23-24-34-33(27-32)35(40)41-36(34,28-15-19-30(20-16-28)37(3)4)29-17-21-31(22-18-29)38(5)6/h15-24,27H,7-14,25-26H2,1-6H3. The molecule has 3 aromatic rings. The lowest BCUT2D eigenvalue weighted by Crippen LogP contribution is -2.30. The minimum absolute atomic E-state index is 0.257. The molecule has 1 aliphatic heterocycles. The van der Waals surface area contributed by atoms with Crippen LogP contribution in [-0.2, 0) is 10.3 Å². The van der Waals surface area contributed by atoms with Crippen LogP contribution in [0.4, 0.5) is 17.1 Å². The lowest BCUT2D eigenvalue weighted by Gasteiger charge is -2.31. The number of fused-ring (bicyclic) bond motifs is 1. The van der Waals surface area contributed by atoms with E-state index in [1.54, 1.807) is 0 Å². The van der Waals surface area contributed by atoms with Crippen molar-refractivity contribution in [2.75, 3.05) is 56.0 Å². The fourth-order valence-corrected chi connectivity index (χ4v) is 5.87. The van der Waals surface area contributed by atoms with Gasteiger partial charge in [-0.2, -0.15) is 0 Å². The maximum absolute atomic E-state index is 13.7. The van der Waals surface area contributed by atoms with Gasteiger partial charge in [-0.15, -0.1) is 0 Å². The van der Waals surface area contributed by atoms with E-state index < -0.39 is 5.60 Å². The van der Waals surface area contributed by atoms with Gasteiger partial charge in [-0.05, 0) is 49.2 Å². The van der Waals surface area contributed by atoms with Gasteiger partial charge < -0.3 is 19.4 Å². The zero-order valence-corrected chi connectivity index (χ0v) is 26.1. The number of benzene rings is 3. The maximum atomic E-state index is 13.7. The highest BCUT2D eigenvalue weighted by atomic mass is 16.6. The molecule has 0 saturated heterocycles. The van der Waals surface area contributed by atoms with Gasteiger partial charge in [0.25, 0.3) is 0 Å². The fraction of sp³-hybridized carbons (Fsp3) is 0.472. The monoisotopic (exact) mass is 555 g/mol. The SMILES string of the molecule is CCCCCCN(CCCCCC)c1ccc2c(c1)C(=O)OC2(c1ccc(N(C)C)cc1)c1ccc(N(C)C)cc1. The Balaban J connectivity index is 1.76. The van der Waals surface area contributed by atoms with Crippen molar-refractivity contribution in [3.05, 3.63) is 89.0 Å². The normalized spacial score (nSPS) is 13.6. The van der Waals surface area contributed by atoms with Crippen molar-refractivity contribution in [2.45, 2.75) is 70.8 Å². The number of rotatable bonds is 15. The highest BCUT2D eigenvalue weighted by Gasteiger charge is 2.48. The summed E-state index contributed by atoms with van der Waals surface area (Å²) in [6, 6.07) is 23.2. The summed E-state index contributed by atoms with van der Waals surface area (Å²) in [5.74, 6) is -0.257. The minimum atomic E-state index is -0.992. The molecule has 5 heteroatoms. The predicted octanol–water partition coefficient (Wildman–Crippen LogP) is 8.25. The Morgan fingerprint density at radius 2 is 1.07 bits per heavy atom. The largest absolute Gasteiger partial charge is 0.441 e. The van der Waals surface area contributed by atoms with Gasteiger partial charge in [0.05, 0.1) is 5.56 Å². The first-order valence-electron chi connectivity index (χ1n) is 15.5. The third kappa shape index (κ3) is 6.72. The number of esters is 1. The number of anilines is 3. The number of hydrogen-bond acceptors (Lipinski definition) is 5. The Morgan fingerprint density at radius 3 is 1.51 bits per heavy atom. The van der Waals surface area contributed by atoms with Gasteiger partial charge in [-0.25, -0.2) is 4.79 Å². The molecule has 1 aliphatic rings. The summed E-state index contributed by atoms with van der Waals surface area (Å²) in [6.07, 6.45) is 9.81. The molecule has 0 unspecified atom stereocenters. The van der Waals surface area contributed by atoms with Crippen LogP contribution in [0, 0.1) is 0 Å². The van der Waals surface area contributed by atoms with Crippen LogP contribution in [0.25, 0.3) is 0 Å². The molecule has 3 aromatic carbocycles. The average molecular weight is 556 g/mol. The molecule has 0 radical (unpaired) electrons. The van der Waals surface area contributed by atoms with E-state index in [9.17, 15) is 4.79 Å². The molecular weight excluding hydrogens is 506 g/mol. The van der Waals surface area contributed by atoms with Crippen molar-refractivity contribution < 1.29 is 9.53 Å². The first-order valence-corrected chi connectivity index (χ1v) is 15.5. The molecule has 0 atom stereocenters. The molecule has 0 fully saturated rings. The van der Waals surface area contributed by atoms with Crippen molar-refractivity contribution >= 4 is 23.0 Å². The van der Waals surface area contributed by atoms with E-state index in [1.807, 2.05) is 28.2 Å². The van der Waals surface area contributed by atoms with Crippen LogP contribution in [0.5, 0.6) is 0 Å². The van der Waals surface area contributed by atoms with Crippen LogP contribution in [0.15, 0.2) is 66.7 Å². The molecule has 0 aliphatic carbocycles. The molecule has 0 bridgehead atoms. The van der Waals surface area contributed by atoms with E-state index in [0.29, 0.717) is 5.56 Å². The van der Waals surface area contributed by atoms with Gasteiger partial charge >= 0.3 is 5.97 Å². The number of unbranched alkanes of at least 4 members (excludes halogenated alkanes) is 6. The smallest absolute Gasteiger partial charge is 0.340 e. The zero-order valence-electron chi connectivity index (χ0n) is 26.1. The molecule has 1 heterocycles. The second-order valence-corrected chi connectivity index (χ2v) is 11.8. The second kappa shape index (κ2) is 13.9. The van der Waals surface area contributed by atoms with Gasteiger partial charge in [-0.1, -0.05) is 82.7 Å². The molecule has 0 amide bonds. The number of hydrogen-bond donors (Lipinski definition) is 0.